The Morgan fingerprint density at radius 2 is 1.85 bits per heavy atom. The van der Waals surface area contributed by atoms with Gasteiger partial charge < -0.3 is 19.9 Å². The summed E-state index contributed by atoms with van der Waals surface area (Å²) in [6.07, 6.45) is 1.02. The first kappa shape index (κ1) is 18.9. The first-order valence-electron chi connectivity index (χ1n) is 8.91. The van der Waals surface area contributed by atoms with Crippen molar-refractivity contribution in [3.63, 3.8) is 0 Å². The number of rotatable bonds is 8. The van der Waals surface area contributed by atoms with Gasteiger partial charge in [-0.25, -0.2) is 0 Å². The number of nitrogens with one attached hydrogen (secondary N) is 1. The van der Waals surface area contributed by atoms with E-state index in [4.69, 9.17) is 14.6 Å². The molecule has 1 aliphatic heterocycles. The summed E-state index contributed by atoms with van der Waals surface area (Å²) in [5.74, 6) is -0.669. The molecule has 2 aromatic carbocycles. The predicted octanol–water partition coefficient (Wildman–Crippen LogP) is 2.41. The van der Waals surface area contributed by atoms with Crippen LogP contribution in [0.25, 0.3) is 0 Å². The standard InChI is InChI=1S/C21H23NO5/c23-19(22-21(13-20(24)25)10-11-26-15-21)14-27-18-9-5-4-8-17(18)12-16-6-2-1-3-7-16/h1-9H,10-15H2,(H,22,23)(H,24,25). The zero-order chi connectivity index (χ0) is 19.1. The number of carbonyl (C=O) groups is 2. The minimum Gasteiger partial charge on any atom is -0.483 e. The average Bonchev–Trinajstić information content (AvgIpc) is 3.09. The van der Waals surface area contributed by atoms with Gasteiger partial charge in [0.2, 0.25) is 0 Å². The summed E-state index contributed by atoms with van der Waals surface area (Å²) in [6.45, 7) is 0.469. The van der Waals surface area contributed by atoms with Crippen LogP contribution in [0.15, 0.2) is 54.6 Å². The summed E-state index contributed by atoms with van der Waals surface area (Å²) in [5.41, 5.74) is 1.29. The maximum absolute atomic E-state index is 12.3. The average molecular weight is 369 g/mol. The lowest BCUT2D eigenvalue weighted by molar-refractivity contribution is -0.139. The molecule has 1 saturated heterocycles. The Morgan fingerprint density at radius 3 is 2.56 bits per heavy atom. The third-order valence-corrected chi connectivity index (χ3v) is 4.57. The van der Waals surface area contributed by atoms with Crippen LogP contribution in [0.5, 0.6) is 5.75 Å². The van der Waals surface area contributed by atoms with Gasteiger partial charge >= 0.3 is 5.97 Å². The van der Waals surface area contributed by atoms with E-state index < -0.39 is 11.5 Å². The van der Waals surface area contributed by atoms with E-state index in [0.29, 0.717) is 25.2 Å². The summed E-state index contributed by atoms with van der Waals surface area (Å²) < 4.78 is 11.0. The minimum absolute atomic E-state index is 0.163. The fourth-order valence-corrected chi connectivity index (χ4v) is 3.26. The van der Waals surface area contributed by atoms with E-state index >= 15 is 0 Å². The molecule has 0 bridgehead atoms. The number of carboxylic acid groups (broad SMARTS) is 1. The van der Waals surface area contributed by atoms with Gasteiger partial charge in [0.15, 0.2) is 6.61 Å². The van der Waals surface area contributed by atoms with Gasteiger partial charge in [0.1, 0.15) is 5.75 Å². The highest BCUT2D eigenvalue weighted by Gasteiger charge is 2.38. The second-order valence-corrected chi connectivity index (χ2v) is 6.76. The van der Waals surface area contributed by atoms with E-state index in [-0.39, 0.29) is 25.5 Å². The third-order valence-electron chi connectivity index (χ3n) is 4.57. The van der Waals surface area contributed by atoms with Gasteiger partial charge in [-0.2, -0.15) is 0 Å². The Bertz CT molecular complexity index is 784. The van der Waals surface area contributed by atoms with Crippen LogP contribution in [0.1, 0.15) is 24.0 Å². The third kappa shape index (κ3) is 5.31. The van der Waals surface area contributed by atoms with Crippen molar-refractivity contribution in [1.82, 2.24) is 5.32 Å². The number of para-hydroxylation sites is 1. The largest absolute Gasteiger partial charge is 0.483 e. The molecule has 0 radical (unpaired) electrons. The Kier molecular flexibility index (Phi) is 6.08. The summed E-state index contributed by atoms with van der Waals surface area (Å²) in [7, 11) is 0. The van der Waals surface area contributed by atoms with Crippen molar-refractivity contribution < 1.29 is 24.2 Å². The van der Waals surface area contributed by atoms with Crippen molar-refractivity contribution in [2.45, 2.75) is 24.8 Å². The molecule has 1 fully saturated rings. The second kappa shape index (κ2) is 8.68. The smallest absolute Gasteiger partial charge is 0.305 e. The number of hydrogen-bond donors (Lipinski definition) is 2. The van der Waals surface area contributed by atoms with Crippen LogP contribution in [0, 0.1) is 0 Å². The van der Waals surface area contributed by atoms with Gasteiger partial charge in [-0.3, -0.25) is 9.59 Å². The Labute approximate surface area is 158 Å². The monoisotopic (exact) mass is 369 g/mol. The molecule has 0 aromatic heterocycles. The van der Waals surface area contributed by atoms with Gasteiger partial charge in [-0.1, -0.05) is 48.5 Å². The van der Waals surface area contributed by atoms with Crippen molar-refractivity contribution in [2.75, 3.05) is 19.8 Å². The molecule has 6 nitrogen and oxygen atoms in total. The lowest BCUT2D eigenvalue weighted by Gasteiger charge is -2.27. The molecule has 1 aliphatic rings. The van der Waals surface area contributed by atoms with Gasteiger partial charge in [0.25, 0.3) is 5.91 Å². The molecular formula is C21H23NO5. The lowest BCUT2D eigenvalue weighted by Crippen LogP contribution is -2.51. The van der Waals surface area contributed by atoms with Crippen molar-refractivity contribution in [3.8, 4) is 5.75 Å². The van der Waals surface area contributed by atoms with E-state index in [1.54, 1.807) is 0 Å². The van der Waals surface area contributed by atoms with E-state index in [0.717, 1.165) is 11.1 Å². The van der Waals surface area contributed by atoms with E-state index in [1.807, 2.05) is 54.6 Å². The molecule has 0 spiro atoms. The zero-order valence-corrected chi connectivity index (χ0v) is 15.0. The number of carbonyl (C=O) groups excluding carboxylic acids is 1. The summed E-state index contributed by atoms with van der Waals surface area (Å²) in [4.78, 5) is 23.4. The Hall–Kier alpha value is -2.86. The van der Waals surface area contributed by atoms with Crippen LogP contribution in [0.4, 0.5) is 0 Å². The SMILES string of the molecule is O=C(O)CC1(NC(=O)COc2ccccc2Cc2ccccc2)CCOC1. The highest BCUT2D eigenvalue weighted by atomic mass is 16.5. The van der Waals surface area contributed by atoms with Crippen molar-refractivity contribution in [3.05, 3.63) is 65.7 Å². The molecule has 1 heterocycles. The Balaban J connectivity index is 1.61. The number of hydrogen-bond acceptors (Lipinski definition) is 4. The quantitative estimate of drug-likeness (QED) is 0.746. The molecule has 142 valence electrons. The number of aliphatic carboxylic acids is 1. The molecule has 2 aromatic rings. The van der Waals surface area contributed by atoms with Gasteiger partial charge in [0.05, 0.1) is 18.6 Å². The molecule has 1 amide bonds. The summed E-state index contributed by atoms with van der Waals surface area (Å²) >= 11 is 0. The van der Waals surface area contributed by atoms with Crippen LogP contribution in [-0.2, 0) is 20.7 Å². The first-order chi connectivity index (χ1) is 13.1. The second-order valence-electron chi connectivity index (χ2n) is 6.76. The van der Waals surface area contributed by atoms with E-state index in [2.05, 4.69) is 5.32 Å². The van der Waals surface area contributed by atoms with Gasteiger partial charge in [0, 0.05) is 13.0 Å². The van der Waals surface area contributed by atoms with Gasteiger partial charge in [-0.15, -0.1) is 0 Å². The predicted molar refractivity (Wildman–Crippen MR) is 99.7 cm³/mol. The van der Waals surface area contributed by atoms with Crippen molar-refractivity contribution in [2.24, 2.45) is 0 Å². The molecule has 1 atom stereocenters. The highest BCUT2D eigenvalue weighted by Crippen LogP contribution is 2.24. The fraction of sp³-hybridized carbons (Fsp3) is 0.333. The number of carboxylic acids is 1. The van der Waals surface area contributed by atoms with Crippen LogP contribution in [-0.4, -0.2) is 42.3 Å². The zero-order valence-electron chi connectivity index (χ0n) is 15.0. The molecule has 1 unspecified atom stereocenters. The van der Waals surface area contributed by atoms with Crippen LogP contribution < -0.4 is 10.1 Å². The molecular weight excluding hydrogens is 346 g/mol. The fourth-order valence-electron chi connectivity index (χ4n) is 3.26. The van der Waals surface area contributed by atoms with E-state index in [9.17, 15) is 9.59 Å². The molecule has 27 heavy (non-hydrogen) atoms. The molecule has 0 saturated carbocycles. The van der Waals surface area contributed by atoms with Gasteiger partial charge in [-0.05, 0) is 23.6 Å². The summed E-state index contributed by atoms with van der Waals surface area (Å²) in [6, 6.07) is 17.6. The number of amides is 1. The normalized spacial score (nSPS) is 18.8. The van der Waals surface area contributed by atoms with Crippen molar-refractivity contribution >= 4 is 11.9 Å². The minimum atomic E-state index is -0.963. The van der Waals surface area contributed by atoms with Crippen LogP contribution in [0.3, 0.4) is 0 Å². The Morgan fingerprint density at radius 1 is 1.11 bits per heavy atom. The molecule has 3 rings (SSSR count). The number of ether oxygens (including phenoxy) is 2. The summed E-state index contributed by atoms with van der Waals surface area (Å²) in [5, 5.41) is 11.9. The molecule has 2 N–H and O–H groups in total. The van der Waals surface area contributed by atoms with E-state index in [1.165, 1.54) is 0 Å². The lowest BCUT2D eigenvalue weighted by atomic mass is 9.94. The maximum atomic E-state index is 12.3. The molecule has 0 aliphatic carbocycles. The van der Waals surface area contributed by atoms with Crippen LogP contribution >= 0.6 is 0 Å². The van der Waals surface area contributed by atoms with Crippen molar-refractivity contribution in [1.29, 1.82) is 0 Å². The number of benzene rings is 2. The maximum Gasteiger partial charge on any atom is 0.305 e. The van der Waals surface area contributed by atoms with Crippen LogP contribution in [0.2, 0.25) is 0 Å². The molecule has 6 heteroatoms. The highest BCUT2D eigenvalue weighted by molar-refractivity contribution is 5.79. The first-order valence-corrected chi connectivity index (χ1v) is 8.91. The topological polar surface area (TPSA) is 84.9 Å².